The van der Waals surface area contributed by atoms with Crippen molar-refractivity contribution in [2.75, 3.05) is 0 Å². The van der Waals surface area contributed by atoms with Gasteiger partial charge in [0.25, 0.3) is 0 Å². The van der Waals surface area contributed by atoms with Gasteiger partial charge in [-0.2, -0.15) is 5.26 Å². The van der Waals surface area contributed by atoms with E-state index in [9.17, 15) is 4.39 Å². The molecule has 0 heterocycles. The SMILES string of the molecule is N#Cc1ccc(COc2c(Cl)cc(Cl)cc2CN)c(F)c1. The fourth-order valence-corrected chi connectivity index (χ4v) is 2.40. The largest absolute Gasteiger partial charge is 0.487 e. The van der Waals surface area contributed by atoms with E-state index >= 15 is 0 Å². The Morgan fingerprint density at radius 3 is 2.57 bits per heavy atom. The van der Waals surface area contributed by atoms with Crippen LogP contribution in [0.5, 0.6) is 5.75 Å². The van der Waals surface area contributed by atoms with Gasteiger partial charge in [0.15, 0.2) is 0 Å². The Labute approximate surface area is 131 Å². The standard InChI is InChI=1S/C15H11Cl2FN2O/c16-12-4-11(7-20)15(13(17)5-12)21-8-10-2-1-9(6-19)3-14(10)18/h1-5H,7-8,20H2. The smallest absolute Gasteiger partial charge is 0.142 e. The zero-order valence-electron chi connectivity index (χ0n) is 10.9. The third-order valence-corrected chi connectivity index (χ3v) is 3.36. The minimum atomic E-state index is -0.506. The molecule has 0 radical (unpaired) electrons. The van der Waals surface area contributed by atoms with E-state index in [0.29, 0.717) is 26.9 Å². The number of nitriles is 1. The van der Waals surface area contributed by atoms with E-state index in [0.717, 1.165) is 6.07 Å². The number of hydrogen-bond donors (Lipinski definition) is 1. The quantitative estimate of drug-likeness (QED) is 0.923. The predicted octanol–water partition coefficient (Wildman–Crippen LogP) is 4.04. The van der Waals surface area contributed by atoms with Crippen LogP contribution in [-0.4, -0.2) is 0 Å². The second-order valence-electron chi connectivity index (χ2n) is 4.29. The van der Waals surface area contributed by atoms with E-state index in [2.05, 4.69) is 0 Å². The highest BCUT2D eigenvalue weighted by atomic mass is 35.5. The molecule has 0 bridgehead atoms. The molecule has 2 aromatic rings. The first kappa shape index (κ1) is 15.6. The molecule has 0 aliphatic heterocycles. The number of nitrogens with zero attached hydrogens (tertiary/aromatic N) is 1. The van der Waals surface area contributed by atoms with Gasteiger partial charge in [-0.05, 0) is 24.3 Å². The summed E-state index contributed by atoms with van der Waals surface area (Å²) in [6.45, 7) is 0.178. The van der Waals surface area contributed by atoms with E-state index in [1.54, 1.807) is 6.07 Å². The van der Waals surface area contributed by atoms with Gasteiger partial charge in [-0.15, -0.1) is 0 Å². The summed E-state index contributed by atoms with van der Waals surface area (Å²) < 4.78 is 19.3. The van der Waals surface area contributed by atoms with E-state index in [1.807, 2.05) is 6.07 Å². The first-order valence-electron chi connectivity index (χ1n) is 6.04. The molecule has 0 saturated heterocycles. The van der Waals surface area contributed by atoms with Crippen molar-refractivity contribution in [1.29, 1.82) is 5.26 Å². The minimum absolute atomic E-state index is 0.0219. The van der Waals surface area contributed by atoms with Crippen molar-refractivity contribution < 1.29 is 9.13 Å². The van der Waals surface area contributed by atoms with Crippen molar-refractivity contribution >= 4 is 23.2 Å². The summed E-state index contributed by atoms with van der Waals surface area (Å²) in [5.74, 6) is -0.124. The van der Waals surface area contributed by atoms with Crippen molar-refractivity contribution in [1.82, 2.24) is 0 Å². The highest BCUT2D eigenvalue weighted by Crippen LogP contribution is 2.33. The number of ether oxygens (including phenoxy) is 1. The molecule has 0 spiro atoms. The maximum Gasteiger partial charge on any atom is 0.142 e. The number of nitrogens with two attached hydrogens (primary N) is 1. The number of benzene rings is 2. The molecule has 0 unspecified atom stereocenters. The van der Waals surface area contributed by atoms with E-state index in [-0.39, 0.29) is 18.7 Å². The molecule has 0 atom stereocenters. The summed E-state index contributed by atoms with van der Waals surface area (Å²) in [7, 11) is 0. The Balaban J connectivity index is 2.23. The molecule has 6 heteroatoms. The third kappa shape index (κ3) is 3.64. The normalized spacial score (nSPS) is 10.2. The van der Waals surface area contributed by atoms with E-state index in [4.69, 9.17) is 38.9 Å². The van der Waals surface area contributed by atoms with Crippen molar-refractivity contribution in [2.24, 2.45) is 5.73 Å². The zero-order valence-corrected chi connectivity index (χ0v) is 12.4. The Kier molecular flexibility index (Phi) is 5.03. The molecule has 0 amide bonds. The summed E-state index contributed by atoms with van der Waals surface area (Å²) in [5.41, 5.74) is 6.83. The van der Waals surface area contributed by atoms with Crippen molar-refractivity contribution in [2.45, 2.75) is 13.2 Å². The van der Waals surface area contributed by atoms with Crippen molar-refractivity contribution in [3.8, 4) is 11.8 Å². The molecule has 0 saturated carbocycles. The van der Waals surface area contributed by atoms with Gasteiger partial charge in [0.1, 0.15) is 18.2 Å². The van der Waals surface area contributed by atoms with E-state index in [1.165, 1.54) is 18.2 Å². The number of hydrogen-bond acceptors (Lipinski definition) is 3. The molecule has 0 fully saturated rings. The van der Waals surface area contributed by atoms with Gasteiger partial charge >= 0.3 is 0 Å². The Morgan fingerprint density at radius 1 is 1.19 bits per heavy atom. The minimum Gasteiger partial charge on any atom is -0.487 e. The topological polar surface area (TPSA) is 59.0 Å². The van der Waals surface area contributed by atoms with Crippen LogP contribution in [0.3, 0.4) is 0 Å². The summed E-state index contributed by atoms with van der Waals surface area (Å²) in [6.07, 6.45) is 0. The Bertz CT molecular complexity index is 714. The van der Waals surface area contributed by atoms with Crippen LogP contribution in [0.1, 0.15) is 16.7 Å². The number of rotatable bonds is 4. The molecule has 2 aromatic carbocycles. The molecule has 2 rings (SSSR count). The summed E-state index contributed by atoms with van der Waals surface area (Å²) in [5, 5.41) is 9.47. The summed E-state index contributed by atoms with van der Waals surface area (Å²) >= 11 is 12.0. The molecule has 0 aliphatic carbocycles. The van der Waals surface area contributed by atoms with Gasteiger partial charge in [0.2, 0.25) is 0 Å². The first-order valence-corrected chi connectivity index (χ1v) is 6.80. The van der Waals surface area contributed by atoms with Crippen LogP contribution in [0.15, 0.2) is 30.3 Å². The lowest BCUT2D eigenvalue weighted by Gasteiger charge is -2.13. The summed E-state index contributed by atoms with van der Waals surface area (Å²) in [6, 6.07) is 9.24. The van der Waals surface area contributed by atoms with E-state index < -0.39 is 5.82 Å². The first-order chi connectivity index (χ1) is 10.0. The van der Waals surface area contributed by atoms with Crippen molar-refractivity contribution in [3.05, 3.63) is 62.9 Å². The third-order valence-electron chi connectivity index (χ3n) is 2.86. The van der Waals surface area contributed by atoms with Gasteiger partial charge in [-0.25, -0.2) is 4.39 Å². The molecule has 21 heavy (non-hydrogen) atoms. The molecular formula is C15H11Cl2FN2O. The van der Waals surface area contributed by atoms with Gasteiger partial charge in [0, 0.05) is 22.7 Å². The van der Waals surface area contributed by atoms with Crippen LogP contribution in [0.25, 0.3) is 0 Å². The molecule has 0 aliphatic rings. The van der Waals surface area contributed by atoms with Crippen LogP contribution in [0, 0.1) is 17.1 Å². The van der Waals surface area contributed by atoms with Gasteiger partial charge < -0.3 is 10.5 Å². The predicted molar refractivity (Wildman–Crippen MR) is 79.8 cm³/mol. The molecular weight excluding hydrogens is 314 g/mol. The maximum absolute atomic E-state index is 13.8. The fraction of sp³-hybridized carbons (Fsp3) is 0.133. The average Bonchev–Trinajstić information content (AvgIpc) is 2.46. The van der Waals surface area contributed by atoms with Gasteiger partial charge in [-0.1, -0.05) is 29.3 Å². The van der Waals surface area contributed by atoms with Gasteiger partial charge in [-0.3, -0.25) is 0 Å². The number of halogens is 3. The van der Waals surface area contributed by atoms with Crippen LogP contribution >= 0.6 is 23.2 Å². The second-order valence-corrected chi connectivity index (χ2v) is 5.13. The van der Waals surface area contributed by atoms with Crippen molar-refractivity contribution in [3.63, 3.8) is 0 Å². The molecule has 108 valence electrons. The molecule has 3 nitrogen and oxygen atoms in total. The molecule has 2 N–H and O–H groups in total. The maximum atomic E-state index is 13.8. The van der Waals surface area contributed by atoms with Crippen LogP contribution in [0.2, 0.25) is 10.0 Å². The Morgan fingerprint density at radius 2 is 1.95 bits per heavy atom. The monoisotopic (exact) mass is 324 g/mol. The lowest BCUT2D eigenvalue weighted by atomic mass is 10.1. The lowest BCUT2D eigenvalue weighted by Crippen LogP contribution is -2.05. The summed E-state index contributed by atoms with van der Waals surface area (Å²) in [4.78, 5) is 0. The average molecular weight is 325 g/mol. The Hall–Kier alpha value is -1.80. The van der Waals surface area contributed by atoms with Crippen LogP contribution < -0.4 is 10.5 Å². The highest BCUT2D eigenvalue weighted by molar-refractivity contribution is 6.35. The van der Waals surface area contributed by atoms with Crippen LogP contribution in [-0.2, 0) is 13.2 Å². The van der Waals surface area contributed by atoms with Gasteiger partial charge in [0.05, 0.1) is 16.7 Å². The lowest BCUT2D eigenvalue weighted by molar-refractivity contribution is 0.297. The fourth-order valence-electron chi connectivity index (χ4n) is 1.81. The second kappa shape index (κ2) is 6.77. The van der Waals surface area contributed by atoms with Crippen LogP contribution in [0.4, 0.5) is 4.39 Å². The zero-order chi connectivity index (χ0) is 15.4. The molecule has 0 aromatic heterocycles. The highest BCUT2D eigenvalue weighted by Gasteiger charge is 2.11.